The maximum Gasteiger partial charge on any atom is 0.102 e. The monoisotopic (exact) mass is 196 g/mol. The second-order valence-electron chi connectivity index (χ2n) is 6.38. The van der Waals surface area contributed by atoms with Crippen molar-refractivity contribution in [3.05, 3.63) is 0 Å². The van der Waals surface area contributed by atoms with Gasteiger partial charge in [0.05, 0.1) is 0 Å². The molecule has 1 N–H and O–H groups in total. The maximum absolute atomic E-state index is 4.65. The smallest absolute Gasteiger partial charge is 0.102 e. The van der Waals surface area contributed by atoms with Crippen LogP contribution in [0.25, 0.3) is 0 Å². The summed E-state index contributed by atoms with van der Waals surface area (Å²) in [5.41, 5.74) is 0.531. The van der Waals surface area contributed by atoms with E-state index in [1.54, 1.807) is 0 Å². The predicted octanol–water partition coefficient (Wildman–Crippen LogP) is 2.70. The van der Waals surface area contributed by atoms with Crippen LogP contribution in [0.3, 0.4) is 0 Å². The molecular weight excluding hydrogens is 172 g/mol. The molecule has 0 fully saturated rings. The summed E-state index contributed by atoms with van der Waals surface area (Å²) in [7, 11) is 0. The topological polar surface area (TPSA) is 24.4 Å². The Morgan fingerprint density at radius 2 is 1.71 bits per heavy atom. The van der Waals surface area contributed by atoms with Crippen molar-refractivity contribution in [2.75, 3.05) is 13.1 Å². The van der Waals surface area contributed by atoms with Gasteiger partial charge in [0.25, 0.3) is 0 Å². The van der Waals surface area contributed by atoms with Crippen LogP contribution in [-0.4, -0.2) is 18.9 Å². The lowest BCUT2D eigenvalue weighted by atomic mass is 9.79. The first-order chi connectivity index (χ1) is 6.21. The highest BCUT2D eigenvalue weighted by Gasteiger charge is 2.29. The van der Waals surface area contributed by atoms with Crippen LogP contribution in [0.4, 0.5) is 0 Å². The molecule has 2 nitrogen and oxygen atoms in total. The van der Waals surface area contributed by atoms with Crippen molar-refractivity contribution in [1.29, 1.82) is 0 Å². The van der Waals surface area contributed by atoms with Crippen molar-refractivity contribution in [3.8, 4) is 0 Å². The Kier molecular flexibility index (Phi) is 2.93. The van der Waals surface area contributed by atoms with Gasteiger partial charge in [0, 0.05) is 24.4 Å². The molecule has 1 aliphatic rings. The molecule has 82 valence electrons. The fraction of sp³-hybridized carbons (Fsp3) is 0.917. The van der Waals surface area contributed by atoms with Crippen LogP contribution in [0, 0.1) is 16.7 Å². The number of amidine groups is 1. The van der Waals surface area contributed by atoms with Crippen LogP contribution in [0.1, 0.15) is 41.5 Å². The highest BCUT2D eigenvalue weighted by molar-refractivity contribution is 5.87. The highest BCUT2D eigenvalue weighted by Crippen LogP contribution is 2.28. The highest BCUT2D eigenvalue weighted by atomic mass is 15.0. The van der Waals surface area contributed by atoms with E-state index in [1.807, 2.05) is 0 Å². The largest absolute Gasteiger partial charge is 0.373 e. The number of nitrogens with one attached hydrogen (secondary N) is 1. The lowest BCUT2D eigenvalue weighted by Gasteiger charge is -2.36. The van der Waals surface area contributed by atoms with Crippen LogP contribution in [0.2, 0.25) is 0 Å². The summed E-state index contributed by atoms with van der Waals surface area (Å²) in [6.45, 7) is 15.5. The molecule has 0 amide bonds. The molecule has 14 heavy (non-hydrogen) atoms. The molecule has 1 rings (SSSR count). The van der Waals surface area contributed by atoms with Gasteiger partial charge in [0.15, 0.2) is 0 Å². The Labute approximate surface area is 88.2 Å². The SMILES string of the molecule is CC(C)(C)C1=NCC(C(C)(C)C)CN1. The van der Waals surface area contributed by atoms with Gasteiger partial charge < -0.3 is 5.32 Å². The normalized spacial score (nSPS) is 24.1. The van der Waals surface area contributed by atoms with E-state index in [-0.39, 0.29) is 5.41 Å². The van der Waals surface area contributed by atoms with Gasteiger partial charge in [0.1, 0.15) is 5.84 Å². The minimum absolute atomic E-state index is 0.169. The quantitative estimate of drug-likeness (QED) is 0.633. The van der Waals surface area contributed by atoms with Gasteiger partial charge in [0.2, 0.25) is 0 Å². The minimum atomic E-state index is 0.169. The summed E-state index contributed by atoms with van der Waals surface area (Å²) < 4.78 is 0. The van der Waals surface area contributed by atoms with Crippen LogP contribution in [0.15, 0.2) is 4.99 Å². The Morgan fingerprint density at radius 3 is 2.00 bits per heavy atom. The summed E-state index contributed by atoms with van der Waals surface area (Å²) in [5.74, 6) is 1.83. The lowest BCUT2D eigenvalue weighted by molar-refractivity contribution is 0.238. The predicted molar refractivity (Wildman–Crippen MR) is 62.7 cm³/mol. The van der Waals surface area contributed by atoms with E-state index in [0.717, 1.165) is 18.9 Å². The van der Waals surface area contributed by atoms with Crippen molar-refractivity contribution < 1.29 is 0 Å². The zero-order valence-corrected chi connectivity index (χ0v) is 10.4. The van der Waals surface area contributed by atoms with E-state index in [2.05, 4.69) is 51.9 Å². The van der Waals surface area contributed by atoms with Crippen LogP contribution in [-0.2, 0) is 0 Å². The van der Waals surface area contributed by atoms with E-state index >= 15 is 0 Å². The van der Waals surface area contributed by atoms with Gasteiger partial charge in [-0.3, -0.25) is 4.99 Å². The third kappa shape index (κ3) is 2.73. The number of hydrogen-bond donors (Lipinski definition) is 1. The van der Waals surface area contributed by atoms with E-state index in [1.165, 1.54) is 0 Å². The third-order valence-corrected chi connectivity index (χ3v) is 2.92. The summed E-state index contributed by atoms with van der Waals surface area (Å²) in [6.07, 6.45) is 0. The molecule has 0 spiro atoms. The molecule has 0 saturated heterocycles. The van der Waals surface area contributed by atoms with Gasteiger partial charge in [-0.2, -0.15) is 0 Å². The molecule has 0 aromatic carbocycles. The molecule has 2 heteroatoms. The maximum atomic E-state index is 4.65. The van der Waals surface area contributed by atoms with Crippen LogP contribution < -0.4 is 5.32 Å². The average Bonchev–Trinajstić information content (AvgIpc) is 2.01. The molecular formula is C12H24N2. The molecule has 1 heterocycles. The number of hydrogen-bond acceptors (Lipinski definition) is 2. The molecule has 0 radical (unpaired) electrons. The Morgan fingerprint density at radius 1 is 1.14 bits per heavy atom. The van der Waals surface area contributed by atoms with Crippen molar-refractivity contribution in [3.63, 3.8) is 0 Å². The Balaban J connectivity index is 2.65. The van der Waals surface area contributed by atoms with E-state index in [0.29, 0.717) is 11.3 Å². The molecule has 0 saturated carbocycles. The van der Waals surface area contributed by atoms with Gasteiger partial charge in [-0.15, -0.1) is 0 Å². The molecule has 1 aliphatic heterocycles. The summed E-state index contributed by atoms with van der Waals surface area (Å²) in [6, 6.07) is 0. The van der Waals surface area contributed by atoms with Gasteiger partial charge >= 0.3 is 0 Å². The second kappa shape index (κ2) is 3.56. The summed E-state index contributed by atoms with van der Waals surface area (Å²) in [5, 5.41) is 3.47. The zero-order chi connectivity index (χ0) is 11.0. The first-order valence-electron chi connectivity index (χ1n) is 5.50. The molecule has 1 unspecified atom stereocenters. The molecule has 0 aromatic rings. The molecule has 0 aromatic heterocycles. The fourth-order valence-corrected chi connectivity index (χ4v) is 1.62. The first kappa shape index (κ1) is 11.5. The Bertz CT molecular complexity index is 228. The van der Waals surface area contributed by atoms with Gasteiger partial charge in [-0.25, -0.2) is 0 Å². The fourth-order valence-electron chi connectivity index (χ4n) is 1.62. The average molecular weight is 196 g/mol. The van der Waals surface area contributed by atoms with Crippen LogP contribution in [0.5, 0.6) is 0 Å². The van der Waals surface area contributed by atoms with Crippen molar-refractivity contribution in [1.82, 2.24) is 5.32 Å². The van der Waals surface area contributed by atoms with Crippen molar-refractivity contribution in [2.24, 2.45) is 21.7 Å². The van der Waals surface area contributed by atoms with Gasteiger partial charge in [-0.1, -0.05) is 41.5 Å². The summed E-state index contributed by atoms with van der Waals surface area (Å²) in [4.78, 5) is 4.65. The minimum Gasteiger partial charge on any atom is -0.373 e. The zero-order valence-electron chi connectivity index (χ0n) is 10.4. The van der Waals surface area contributed by atoms with Crippen molar-refractivity contribution in [2.45, 2.75) is 41.5 Å². The lowest BCUT2D eigenvalue weighted by Crippen LogP contribution is -2.46. The number of nitrogens with zero attached hydrogens (tertiary/aromatic N) is 1. The van der Waals surface area contributed by atoms with E-state index in [4.69, 9.17) is 0 Å². The third-order valence-electron chi connectivity index (χ3n) is 2.92. The standard InChI is InChI=1S/C12H24N2/c1-11(2,3)9-7-13-10(14-8-9)12(4,5)6/h9H,7-8H2,1-6H3,(H,13,14). The first-order valence-corrected chi connectivity index (χ1v) is 5.50. The molecule has 0 bridgehead atoms. The van der Waals surface area contributed by atoms with Gasteiger partial charge in [-0.05, 0) is 5.41 Å². The van der Waals surface area contributed by atoms with E-state index < -0.39 is 0 Å². The summed E-state index contributed by atoms with van der Waals surface area (Å²) >= 11 is 0. The number of aliphatic imine (C=N–C) groups is 1. The van der Waals surface area contributed by atoms with Crippen molar-refractivity contribution >= 4 is 5.84 Å². The molecule has 1 atom stereocenters. The molecule has 0 aliphatic carbocycles. The Hall–Kier alpha value is -0.530. The van der Waals surface area contributed by atoms with E-state index in [9.17, 15) is 0 Å². The van der Waals surface area contributed by atoms with Crippen LogP contribution >= 0.6 is 0 Å². The number of rotatable bonds is 0. The second-order valence-corrected chi connectivity index (χ2v) is 6.38.